The van der Waals surface area contributed by atoms with Gasteiger partial charge in [0.05, 0.1) is 24.5 Å². The number of carbonyl (C=O) groups is 1. The van der Waals surface area contributed by atoms with Crippen molar-refractivity contribution in [1.82, 2.24) is 4.98 Å². The van der Waals surface area contributed by atoms with Crippen LogP contribution in [-0.4, -0.2) is 37.1 Å². The van der Waals surface area contributed by atoms with Crippen molar-refractivity contribution < 1.29 is 36.9 Å². The minimum Gasteiger partial charge on any atom is -0.482 e. The smallest absolute Gasteiger partial charge is 0.416 e. The molecule has 0 radical (unpaired) electrons. The van der Waals surface area contributed by atoms with Gasteiger partial charge in [0, 0.05) is 27.7 Å². The predicted molar refractivity (Wildman–Crippen MR) is 153 cm³/mol. The Balaban J connectivity index is 1.50. The molecular weight excluding hydrogens is 575 g/mol. The van der Waals surface area contributed by atoms with E-state index >= 15 is 0 Å². The van der Waals surface area contributed by atoms with E-state index in [4.69, 9.17) is 23.9 Å². The third-order valence-electron chi connectivity index (χ3n) is 6.35. The van der Waals surface area contributed by atoms with Gasteiger partial charge in [-0.2, -0.15) is 13.2 Å². The summed E-state index contributed by atoms with van der Waals surface area (Å²) in [5, 5.41) is 0.645. The molecule has 11 heteroatoms. The summed E-state index contributed by atoms with van der Waals surface area (Å²) in [6.07, 6.45) is -0.0715. The van der Waals surface area contributed by atoms with Gasteiger partial charge in [0.2, 0.25) is 0 Å². The fourth-order valence-electron chi connectivity index (χ4n) is 4.29. The van der Waals surface area contributed by atoms with Crippen molar-refractivity contribution in [2.24, 2.45) is 0 Å². The van der Waals surface area contributed by atoms with Gasteiger partial charge in [-0.15, -0.1) is 23.1 Å². The molecule has 1 aliphatic rings. The fraction of sp³-hybridized carbons (Fsp3) is 0.467. The zero-order chi connectivity index (χ0) is 29.2. The highest BCUT2D eigenvalue weighted by atomic mass is 32.2. The second-order valence-corrected chi connectivity index (χ2v) is 11.6. The van der Waals surface area contributed by atoms with Gasteiger partial charge in [-0.25, -0.2) is 9.78 Å². The summed E-state index contributed by atoms with van der Waals surface area (Å²) in [5.74, 6) is 0.862. The molecule has 1 aromatic heterocycles. The van der Waals surface area contributed by atoms with Gasteiger partial charge in [0.25, 0.3) is 0 Å². The van der Waals surface area contributed by atoms with E-state index in [0.29, 0.717) is 35.3 Å². The van der Waals surface area contributed by atoms with Crippen molar-refractivity contribution in [2.45, 2.75) is 75.7 Å². The Morgan fingerprint density at radius 3 is 2.63 bits per heavy atom. The molecule has 0 amide bonds. The van der Waals surface area contributed by atoms with Crippen LogP contribution in [0, 0.1) is 0 Å². The number of halogens is 3. The molecule has 0 spiro atoms. The largest absolute Gasteiger partial charge is 0.482 e. The number of benzene rings is 2. The standard InChI is InChI=1S/C30H34F3NO5S2/c1-3-7-21-16-23(13-14-25(21)38-18-27(35)36-4-2)40-19-26-24(17-39-28-8-5-6-15-37-28)34-29(41-26)20-9-11-22(12-10-20)30(31,32)33/h9-14,16,28H,3-8,15,17-19H2,1-2H3. The SMILES string of the molecule is CCCc1cc(SCc2sc(-c3ccc(C(F)(F)F)cc3)nc2COC2CCCCO2)ccc1OCC(=O)OCC. The van der Waals surface area contributed by atoms with Gasteiger partial charge in [-0.3, -0.25) is 0 Å². The molecule has 41 heavy (non-hydrogen) atoms. The topological polar surface area (TPSA) is 66.9 Å². The van der Waals surface area contributed by atoms with Crippen molar-refractivity contribution in [2.75, 3.05) is 19.8 Å². The Hall–Kier alpha value is -2.60. The van der Waals surface area contributed by atoms with E-state index in [1.165, 1.54) is 23.5 Å². The Kier molecular flexibility index (Phi) is 11.5. The van der Waals surface area contributed by atoms with Gasteiger partial charge in [0.1, 0.15) is 10.8 Å². The highest BCUT2D eigenvalue weighted by molar-refractivity contribution is 7.98. The molecule has 2 aromatic carbocycles. The zero-order valence-corrected chi connectivity index (χ0v) is 24.8. The number of alkyl halides is 3. The lowest BCUT2D eigenvalue weighted by Crippen LogP contribution is -2.22. The number of thiazole rings is 1. The molecule has 1 aliphatic heterocycles. The molecule has 0 aliphatic carbocycles. The van der Waals surface area contributed by atoms with E-state index in [9.17, 15) is 18.0 Å². The maximum atomic E-state index is 13.1. The third kappa shape index (κ3) is 9.19. The number of esters is 1. The normalized spacial score (nSPS) is 15.6. The summed E-state index contributed by atoms with van der Waals surface area (Å²) >= 11 is 3.09. The Morgan fingerprint density at radius 1 is 1.15 bits per heavy atom. The molecule has 3 aromatic rings. The van der Waals surface area contributed by atoms with Crippen molar-refractivity contribution in [3.63, 3.8) is 0 Å². The molecule has 1 atom stereocenters. The maximum Gasteiger partial charge on any atom is 0.416 e. The predicted octanol–water partition coefficient (Wildman–Crippen LogP) is 8.06. The first-order valence-corrected chi connectivity index (χ1v) is 15.5. The van der Waals surface area contributed by atoms with Gasteiger partial charge in [0.15, 0.2) is 12.9 Å². The molecule has 1 unspecified atom stereocenters. The third-order valence-corrected chi connectivity index (χ3v) is 8.70. The minimum atomic E-state index is -4.39. The average Bonchev–Trinajstić information content (AvgIpc) is 3.38. The number of carbonyl (C=O) groups excluding carboxylic acids is 1. The first-order valence-electron chi connectivity index (χ1n) is 13.7. The van der Waals surface area contributed by atoms with Crippen LogP contribution in [0.3, 0.4) is 0 Å². The van der Waals surface area contributed by atoms with Gasteiger partial charge >= 0.3 is 12.1 Å². The fourth-order valence-corrected chi connectivity index (χ4v) is 6.42. The van der Waals surface area contributed by atoms with E-state index in [2.05, 4.69) is 13.0 Å². The molecule has 0 saturated carbocycles. The first-order chi connectivity index (χ1) is 19.8. The number of hydrogen-bond donors (Lipinski definition) is 0. The van der Waals surface area contributed by atoms with Crippen LogP contribution in [0.25, 0.3) is 10.6 Å². The summed E-state index contributed by atoms with van der Waals surface area (Å²) in [6, 6.07) is 11.0. The van der Waals surface area contributed by atoms with Crippen LogP contribution in [0.5, 0.6) is 5.75 Å². The molecule has 1 saturated heterocycles. The van der Waals surface area contributed by atoms with Crippen molar-refractivity contribution in [1.29, 1.82) is 0 Å². The Morgan fingerprint density at radius 2 is 1.95 bits per heavy atom. The quantitative estimate of drug-likeness (QED) is 0.143. The monoisotopic (exact) mass is 609 g/mol. The number of nitrogens with zero attached hydrogens (tertiary/aromatic N) is 1. The van der Waals surface area contributed by atoms with Crippen LogP contribution in [0.2, 0.25) is 0 Å². The van der Waals surface area contributed by atoms with Crippen molar-refractivity contribution in [3.05, 3.63) is 64.2 Å². The maximum absolute atomic E-state index is 13.1. The van der Waals surface area contributed by atoms with Crippen LogP contribution in [-0.2, 0) is 44.0 Å². The second kappa shape index (κ2) is 15.0. The van der Waals surface area contributed by atoms with Crippen LogP contribution in [0.4, 0.5) is 13.2 Å². The number of aromatic nitrogens is 1. The number of aryl methyl sites for hydroxylation is 1. The van der Waals surface area contributed by atoms with Crippen LogP contribution in [0.1, 0.15) is 61.2 Å². The zero-order valence-electron chi connectivity index (χ0n) is 23.1. The molecule has 222 valence electrons. The second-order valence-electron chi connectivity index (χ2n) is 9.47. The lowest BCUT2D eigenvalue weighted by Gasteiger charge is -2.22. The Bertz CT molecular complexity index is 1270. The Labute approximate surface area is 246 Å². The summed E-state index contributed by atoms with van der Waals surface area (Å²) in [4.78, 5) is 18.5. The van der Waals surface area contributed by atoms with Gasteiger partial charge < -0.3 is 18.9 Å². The van der Waals surface area contributed by atoms with Crippen LogP contribution < -0.4 is 4.74 Å². The van der Waals surface area contributed by atoms with E-state index in [-0.39, 0.29) is 19.5 Å². The molecule has 0 bridgehead atoms. The lowest BCUT2D eigenvalue weighted by atomic mass is 10.1. The number of thioether (sulfide) groups is 1. The van der Waals surface area contributed by atoms with E-state index < -0.39 is 17.7 Å². The molecule has 1 fully saturated rings. The van der Waals surface area contributed by atoms with Crippen LogP contribution >= 0.6 is 23.1 Å². The number of ether oxygens (including phenoxy) is 4. The average molecular weight is 610 g/mol. The molecule has 4 rings (SSSR count). The lowest BCUT2D eigenvalue weighted by molar-refractivity contribution is -0.169. The minimum absolute atomic E-state index is 0.140. The van der Waals surface area contributed by atoms with E-state index in [1.807, 2.05) is 12.1 Å². The molecule has 2 heterocycles. The van der Waals surface area contributed by atoms with Crippen molar-refractivity contribution in [3.8, 4) is 16.3 Å². The summed E-state index contributed by atoms with van der Waals surface area (Å²) < 4.78 is 61.6. The first kappa shape index (κ1) is 31.3. The molecular formula is C30H34F3NO5S2. The summed E-state index contributed by atoms with van der Waals surface area (Å²) in [6.45, 7) is 4.93. The molecule has 6 nitrogen and oxygen atoms in total. The highest BCUT2D eigenvalue weighted by Crippen LogP contribution is 2.37. The summed E-state index contributed by atoms with van der Waals surface area (Å²) in [7, 11) is 0. The number of rotatable bonds is 13. The van der Waals surface area contributed by atoms with Gasteiger partial charge in [-0.05, 0) is 68.5 Å². The number of hydrogen-bond acceptors (Lipinski definition) is 8. The van der Waals surface area contributed by atoms with E-state index in [1.54, 1.807) is 18.7 Å². The van der Waals surface area contributed by atoms with Crippen molar-refractivity contribution >= 4 is 29.1 Å². The highest BCUT2D eigenvalue weighted by Gasteiger charge is 2.30. The van der Waals surface area contributed by atoms with E-state index in [0.717, 1.165) is 65.3 Å². The summed E-state index contributed by atoms with van der Waals surface area (Å²) in [5.41, 5.74) is 1.70. The van der Waals surface area contributed by atoms with Gasteiger partial charge in [-0.1, -0.05) is 25.5 Å². The molecule has 0 N–H and O–H groups in total. The van der Waals surface area contributed by atoms with Crippen LogP contribution in [0.15, 0.2) is 47.4 Å².